The summed E-state index contributed by atoms with van der Waals surface area (Å²) >= 11 is 0. The molecule has 0 radical (unpaired) electrons. The number of ether oxygens (including phenoxy) is 1. The lowest BCUT2D eigenvalue weighted by atomic mass is 10.1. The van der Waals surface area contributed by atoms with Crippen LogP contribution in [0.2, 0.25) is 0 Å². The molecular formula is C18H22N2O4. The number of hydrogen-bond donors (Lipinski definition) is 2. The highest BCUT2D eigenvalue weighted by molar-refractivity contribution is 5.77. The third kappa shape index (κ3) is 4.14. The first-order valence-corrected chi connectivity index (χ1v) is 8.20. The van der Waals surface area contributed by atoms with Gasteiger partial charge in [-0.1, -0.05) is 23.4 Å². The van der Waals surface area contributed by atoms with Gasteiger partial charge in [0.05, 0.1) is 18.2 Å². The predicted octanol–water partition coefficient (Wildman–Crippen LogP) is 1.86. The molecule has 1 fully saturated rings. The van der Waals surface area contributed by atoms with Gasteiger partial charge in [0.1, 0.15) is 17.6 Å². The molecule has 24 heavy (non-hydrogen) atoms. The van der Waals surface area contributed by atoms with Crippen molar-refractivity contribution >= 4 is 5.91 Å². The fourth-order valence-corrected chi connectivity index (χ4v) is 3.01. The molecule has 128 valence electrons. The summed E-state index contributed by atoms with van der Waals surface area (Å²) in [6, 6.07) is 11.2. The van der Waals surface area contributed by atoms with E-state index in [1.807, 2.05) is 37.3 Å². The summed E-state index contributed by atoms with van der Waals surface area (Å²) in [5, 5.41) is 17.0. The van der Waals surface area contributed by atoms with Crippen molar-refractivity contribution in [2.45, 2.75) is 38.4 Å². The molecular weight excluding hydrogens is 308 g/mol. The van der Waals surface area contributed by atoms with E-state index in [2.05, 4.69) is 10.5 Å². The molecule has 6 nitrogen and oxygen atoms in total. The highest BCUT2D eigenvalue weighted by Gasteiger charge is 2.36. The van der Waals surface area contributed by atoms with E-state index in [9.17, 15) is 9.90 Å². The lowest BCUT2D eigenvalue weighted by Crippen LogP contribution is -2.37. The Morgan fingerprint density at radius 2 is 2.17 bits per heavy atom. The third-order valence-corrected chi connectivity index (χ3v) is 4.29. The number of aromatic nitrogens is 1. The molecule has 2 N–H and O–H groups in total. The Morgan fingerprint density at radius 3 is 2.88 bits per heavy atom. The number of nitrogens with one attached hydrogen (secondary N) is 1. The number of para-hydroxylation sites is 1. The first kappa shape index (κ1) is 16.5. The van der Waals surface area contributed by atoms with Crippen LogP contribution in [0.25, 0.3) is 0 Å². The first-order valence-electron chi connectivity index (χ1n) is 8.20. The fourth-order valence-electron chi connectivity index (χ4n) is 3.01. The third-order valence-electron chi connectivity index (χ3n) is 4.29. The lowest BCUT2D eigenvalue weighted by Gasteiger charge is -2.21. The van der Waals surface area contributed by atoms with Gasteiger partial charge >= 0.3 is 0 Å². The number of benzene rings is 1. The molecule has 0 bridgehead atoms. The van der Waals surface area contributed by atoms with E-state index < -0.39 is 6.10 Å². The van der Waals surface area contributed by atoms with Crippen LogP contribution in [-0.4, -0.2) is 34.9 Å². The minimum atomic E-state index is -0.585. The van der Waals surface area contributed by atoms with E-state index in [1.54, 1.807) is 6.07 Å². The maximum atomic E-state index is 11.9. The van der Waals surface area contributed by atoms with E-state index in [0.717, 1.165) is 24.3 Å². The van der Waals surface area contributed by atoms with Crippen LogP contribution in [0.4, 0.5) is 0 Å². The summed E-state index contributed by atoms with van der Waals surface area (Å²) in [6.07, 6.45) is 0.940. The SMILES string of the molecule is Cc1cc(CC(=O)NC[C@H]2CC[C@@H](Oc3ccccc3)[C@@H]2O)on1. The van der Waals surface area contributed by atoms with E-state index in [-0.39, 0.29) is 24.3 Å². The largest absolute Gasteiger partial charge is 0.488 e. The quantitative estimate of drug-likeness (QED) is 0.844. The minimum Gasteiger partial charge on any atom is -0.488 e. The molecule has 1 aromatic carbocycles. The normalized spacial score (nSPS) is 23.2. The fraction of sp³-hybridized carbons (Fsp3) is 0.444. The van der Waals surface area contributed by atoms with Crippen LogP contribution in [-0.2, 0) is 11.2 Å². The van der Waals surface area contributed by atoms with Crippen LogP contribution in [0.1, 0.15) is 24.3 Å². The van der Waals surface area contributed by atoms with Gasteiger partial charge in [0.2, 0.25) is 5.91 Å². The molecule has 6 heteroatoms. The molecule has 0 saturated heterocycles. The second-order valence-electron chi connectivity index (χ2n) is 6.21. The van der Waals surface area contributed by atoms with Crippen LogP contribution in [0.5, 0.6) is 5.75 Å². The second-order valence-corrected chi connectivity index (χ2v) is 6.21. The average Bonchev–Trinajstić information content (AvgIpc) is 3.13. The van der Waals surface area contributed by atoms with E-state index in [0.29, 0.717) is 12.3 Å². The van der Waals surface area contributed by atoms with Gasteiger partial charge in [0.25, 0.3) is 0 Å². The molecule has 1 saturated carbocycles. The van der Waals surface area contributed by atoms with Gasteiger partial charge in [-0.15, -0.1) is 0 Å². The van der Waals surface area contributed by atoms with Crippen LogP contribution >= 0.6 is 0 Å². The van der Waals surface area contributed by atoms with Crippen LogP contribution in [0.15, 0.2) is 40.9 Å². The Kier molecular flexibility index (Phi) is 5.15. The number of carbonyl (C=O) groups is 1. The smallest absolute Gasteiger partial charge is 0.227 e. The monoisotopic (exact) mass is 330 g/mol. The van der Waals surface area contributed by atoms with E-state index >= 15 is 0 Å². The van der Waals surface area contributed by atoms with Crippen molar-refractivity contribution in [3.8, 4) is 5.75 Å². The van der Waals surface area contributed by atoms with Crippen LogP contribution < -0.4 is 10.1 Å². The topological polar surface area (TPSA) is 84.6 Å². The maximum absolute atomic E-state index is 11.9. The van der Waals surface area contributed by atoms with Gasteiger partial charge in [-0.3, -0.25) is 4.79 Å². The Labute approximate surface area is 140 Å². The van der Waals surface area contributed by atoms with Crippen molar-refractivity contribution in [3.05, 3.63) is 47.9 Å². The zero-order chi connectivity index (χ0) is 16.9. The van der Waals surface area contributed by atoms with Gasteiger partial charge in [-0.2, -0.15) is 0 Å². The summed E-state index contributed by atoms with van der Waals surface area (Å²) in [5.74, 6) is 1.17. The van der Waals surface area contributed by atoms with E-state index in [1.165, 1.54) is 0 Å². The predicted molar refractivity (Wildman–Crippen MR) is 87.5 cm³/mol. The van der Waals surface area contributed by atoms with Gasteiger partial charge in [0.15, 0.2) is 0 Å². The number of aryl methyl sites for hydroxylation is 1. The minimum absolute atomic E-state index is 0.000811. The molecule has 1 heterocycles. The van der Waals surface area contributed by atoms with Crippen molar-refractivity contribution in [2.75, 3.05) is 6.54 Å². The number of aliphatic hydroxyl groups is 1. The number of rotatable bonds is 6. The molecule has 0 unspecified atom stereocenters. The molecule has 0 aliphatic heterocycles. The Morgan fingerprint density at radius 1 is 1.38 bits per heavy atom. The average molecular weight is 330 g/mol. The molecule has 1 amide bonds. The highest BCUT2D eigenvalue weighted by atomic mass is 16.5. The maximum Gasteiger partial charge on any atom is 0.227 e. The summed E-state index contributed by atoms with van der Waals surface area (Å²) < 4.78 is 10.9. The summed E-state index contributed by atoms with van der Waals surface area (Å²) in [7, 11) is 0. The molecule has 1 aromatic heterocycles. The Bertz CT molecular complexity index is 671. The van der Waals surface area contributed by atoms with Crippen LogP contribution in [0, 0.1) is 12.8 Å². The van der Waals surface area contributed by atoms with Gasteiger partial charge < -0.3 is 19.7 Å². The van der Waals surface area contributed by atoms with Crippen molar-refractivity contribution < 1.29 is 19.2 Å². The molecule has 0 spiro atoms. The van der Waals surface area contributed by atoms with Crippen LogP contribution in [0.3, 0.4) is 0 Å². The molecule has 2 aromatic rings. The second kappa shape index (κ2) is 7.49. The summed E-state index contributed by atoms with van der Waals surface area (Å²) in [6.45, 7) is 2.24. The number of nitrogens with zero attached hydrogens (tertiary/aromatic N) is 1. The lowest BCUT2D eigenvalue weighted by molar-refractivity contribution is -0.121. The summed E-state index contributed by atoms with van der Waals surface area (Å²) in [4.78, 5) is 11.9. The summed E-state index contributed by atoms with van der Waals surface area (Å²) in [5.41, 5.74) is 0.755. The number of hydrogen-bond acceptors (Lipinski definition) is 5. The zero-order valence-corrected chi connectivity index (χ0v) is 13.6. The molecule has 1 aliphatic rings. The molecule has 3 rings (SSSR count). The molecule has 1 aliphatic carbocycles. The Hall–Kier alpha value is -2.34. The van der Waals surface area contributed by atoms with Gasteiger partial charge in [-0.25, -0.2) is 0 Å². The zero-order valence-electron chi connectivity index (χ0n) is 13.6. The number of aliphatic hydroxyl groups excluding tert-OH is 1. The standard InChI is InChI=1S/C18H22N2O4/c1-12-9-15(24-20-12)10-17(21)19-11-13-7-8-16(18(13)22)23-14-5-3-2-4-6-14/h2-6,9,13,16,18,22H,7-8,10-11H2,1H3,(H,19,21)/t13-,16-,18-/m1/s1. The van der Waals surface area contributed by atoms with Crippen molar-refractivity contribution in [2.24, 2.45) is 5.92 Å². The van der Waals surface area contributed by atoms with E-state index in [4.69, 9.17) is 9.26 Å². The Balaban J connectivity index is 1.45. The van der Waals surface area contributed by atoms with Crippen molar-refractivity contribution in [3.63, 3.8) is 0 Å². The van der Waals surface area contributed by atoms with Crippen molar-refractivity contribution in [1.82, 2.24) is 10.5 Å². The van der Waals surface area contributed by atoms with Crippen molar-refractivity contribution in [1.29, 1.82) is 0 Å². The number of carbonyl (C=O) groups excluding carboxylic acids is 1. The van der Waals surface area contributed by atoms with Gasteiger partial charge in [-0.05, 0) is 31.9 Å². The first-order chi connectivity index (χ1) is 11.6. The molecule has 3 atom stereocenters. The number of amides is 1. The highest BCUT2D eigenvalue weighted by Crippen LogP contribution is 2.29. The van der Waals surface area contributed by atoms with Gasteiger partial charge in [0, 0.05) is 18.5 Å².